The molecule has 0 radical (unpaired) electrons. The zero-order valence-corrected chi connectivity index (χ0v) is 12.7. The Balaban J connectivity index is 1.87. The first-order valence-corrected chi connectivity index (χ1v) is 7.39. The lowest BCUT2D eigenvalue weighted by atomic mass is 9.90. The maximum Gasteiger partial charge on any atom is 0.240 e. The van der Waals surface area contributed by atoms with Crippen LogP contribution in [0.1, 0.15) is 38.7 Å². The smallest absolute Gasteiger partial charge is 0.240 e. The molecular weight excluding hydrogens is 266 g/mol. The normalized spacial score (nSPS) is 21.6. The molecule has 21 heavy (non-hydrogen) atoms. The Morgan fingerprint density at radius 3 is 2.52 bits per heavy atom. The van der Waals surface area contributed by atoms with E-state index in [0.29, 0.717) is 6.54 Å². The van der Waals surface area contributed by atoms with Crippen molar-refractivity contribution in [3.05, 3.63) is 29.8 Å². The molecule has 1 aliphatic rings. The molecule has 1 aromatic carbocycles. The van der Waals surface area contributed by atoms with Crippen LogP contribution in [0.25, 0.3) is 0 Å². The van der Waals surface area contributed by atoms with E-state index in [1.54, 1.807) is 0 Å². The summed E-state index contributed by atoms with van der Waals surface area (Å²) in [6.45, 7) is 4.83. The second-order valence-electron chi connectivity index (χ2n) is 5.78. The molecule has 0 bridgehead atoms. The molecule has 0 spiro atoms. The SMILES string of the molecule is CC(=O)Nc1ccc(CNC(=O)C2(C)CCCCN2)cc1. The van der Waals surface area contributed by atoms with Crippen molar-refractivity contribution in [2.24, 2.45) is 0 Å². The maximum absolute atomic E-state index is 12.3. The number of benzene rings is 1. The summed E-state index contributed by atoms with van der Waals surface area (Å²) in [7, 11) is 0. The Hall–Kier alpha value is -1.88. The first kappa shape index (κ1) is 15.5. The average Bonchev–Trinajstić information content (AvgIpc) is 2.46. The van der Waals surface area contributed by atoms with Crippen molar-refractivity contribution in [3.63, 3.8) is 0 Å². The zero-order chi connectivity index (χ0) is 15.3. The summed E-state index contributed by atoms with van der Waals surface area (Å²) in [5.41, 5.74) is 1.32. The summed E-state index contributed by atoms with van der Waals surface area (Å²) in [5, 5.41) is 9.00. The Kier molecular flexibility index (Phi) is 4.96. The molecule has 1 aliphatic heterocycles. The number of rotatable bonds is 4. The molecule has 5 nitrogen and oxygen atoms in total. The van der Waals surface area contributed by atoms with Gasteiger partial charge in [0.25, 0.3) is 0 Å². The standard InChI is InChI=1S/C16H23N3O2/c1-12(20)19-14-7-5-13(6-8-14)11-17-15(21)16(2)9-3-4-10-18-16/h5-8,18H,3-4,9-11H2,1-2H3,(H,17,21)(H,19,20). The minimum absolute atomic E-state index is 0.0492. The van der Waals surface area contributed by atoms with Crippen molar-refractivity contribution in [1.82, 2.24) is 10.6 Å². The van der Waals surface area contributed by atoms with Crippen molar-refractivity contribution in [2.75, 3.05) is 11.9 Å². The van der Waals surface area contributed by atoms with Gasteiger partial charge in [0.15, 0.2) is 0 Å². The molecule has 1 fully saturated rings. The molecule has 1 saturated heterocycles. The van der Waals surface area contributed by atoms with Crippen molar-refractivity contribution >= 4 is 17.5 Å². The Morgan fingerprint density at radius 2 is 1.95 bits per heavy atom. The predicted octanol–water partition coefficient (Wildman–Crippen LogP) is 1.79. The summed E-state index contributed by atoms with van der Waals surface area (Å²) < 4.78 is 0. The van der Waals surface area contributed by atoms with Gasteiger partial charge in [-0.05, 0) is 50.4 Å². The fourth-order valence-electron chi connectivity index (χ4n) is 2.54. The van der Waals surface area contributed by atoms with Gasteiger partial charge in [0.05, 0.1) is 5.54 Å². The molecule has 2 amide bonds. The molecule has 1 unspecified atom stereocenters. The quantitative estimate of drug-likeness (QED) is 0.791. The average molecular weight is 289 g/mol. The lowest BCUT2D eigenvalue weighted by Gasteiger charge is -2.33. The minimum atomic E-state index is -0.450. The molecule has 3 N–H and O–H groups in total. The van der Waals surface area contributed by atoms with Crippen molar-refractivity contribution in [3.8, 4) is 0 Å². The summed E-state index contributed by atoms with van der Waals surface area (Å²) in [5.74, 6) is -0.0412. The van der Waals surface area contributed by atoms with E-state index in [9.17, 15) is 9.59 Å². The number of carbonyl (C=O) groups excluding carboxylic acids is 2. The van der Waals surface area contributed by atoms with Crippen LogP contribution >= 0.6 is 0 Å². The van der Waals surface area contributed by atoms with E-state index in [-0.39, 0.29) is 11.8 Å². The monoisotopic (exact) mass is 289 g/mol. The van der Waals surface area contributed by atoms with Gasteiger partial charge >= 0.3 is 0 Å². The molecule has 1 aromatic rings. The van der Waals surface area contributed by atoms with Gasteiger partial charge in [0.1, 0.15) is 0 Å². The van der Waals surface area contributed by atoms with Crippen LogP contribution in [0, 0.1) is 0 Å². The van der Waals surface area contributed by atoms with E-state index < -0.39 is 5.54 Å². The highest BCUT2D eigenvalue weighted by atomic mass is 16.2. The predicted molar refractivity (Wildman–Crippen MR) is 82.9 cm³/mol. The molecule has 0 aromatic heterocycles. The number of carbonyl (C=O) groups is 2. The Morgan fingerprint density at radius 1 is 1.24 bits per heavy atom. The first-order valence-electron chi connectivity index (χ1n) is 7.39. The van der Waals surface area contributed by atoms with Crippen molar-refractivity contribution in [2.45, 2.75) is 45.2 Å². The second-order valence-corrected chi connectivity index (χ2v) is 5.78. The number of amides is 2. The number of anilines is 1. The van der Waals surface area contributed by atoms with Gasteiger partial charge in [-0.1, -0.05) is 12.1 Å². The minimum Gasteiger partial charge on any atom is -0.350 e. The van der Waals surface area contributed by atoms with Gasteiger partial charge in [-0.2, -0.15) is 0 Å². The van der Waals surface area contributed by atoms with Crippen molar-refractivity contribution < 1.29 is 9.59 Å². The van der Waals surface area contributed by atoms with Crippen LogP contribution in [-0.2, 0) is 16.1 Å². The lowest BCUT2D eigenvalue weighted by Crippen LogP contribution is -2.56. The van der Waals surface area contributed by atoms with Gasteiger partial charge < -0.3 is 16.0 Å². The Labute approximate surface area is 125 Å². The van der Waals surface area contributed by atoms with Crippen LogP contribution in [0.3, 0.4) is 0 Å². The molecule has 1 atom stereocenters. The molecule has 2 rings (SSSR count). The fraction of sp³-hybridized carbons (Fsp3) is 0.500. The third-order valence-electron chi connectivity index (χ3n) is 3.85. The van der Waals surface area contributed by atoms with Gasteiger partial charge in [0.2, 0.25) is 11.8 Å². The largest absolute Gasteiger partial charge is 0.350 e. The van der Waals surface area contributed by atoms with Gasteiger partial charge in [-0.25, -0.2) is 0 Å². The number of nitrogens with one attached hydrogen (secondary N) is 3. The third kappa shape index (κ3) is 4.29. The third-order valence-corrected chi connectivity index (χ3v) is 3.85. The summed E-state index contributed by atoms with van der Waals surface area (Å²) >= 11 is 0. The van der Waals surface area contributed by atoms with E-state index in [1.807, 2.05) is 31.2 Å². The summed E-state index contributed by atoms with van der Waals surface area (Å²) in [6.07, 6.45) is 3.09. The van der Waals surface area contributed by atoms with E-state index in [1.165, 1.54) is 6.92 Å². The Bertz CT molecular complexity index is 505. The summed E-state index contributed by atoms with van der Waals surface area (Å²) in [4.78, 5) is 23.2. The van der Waals surface area contributed by atoms with E-state index in [4.69, 9.17) is 0 Å². The number of piperidine rings is 1. The first-order chi connectivity index (χ1) is 9.99. The maximum atomic E-state index is 12.3. The highest BCUT2D eigenvalue weighted by Crippen LogP contribution is 2.19. The molecule has 5 heteroatoms. The fourth-order valence-corrected chi connectivity index (χ4v) is 2.54. The molecule has 1 heterocycles. The van der Waals surface area contributed by atoms with E-state index in [2.05, 4.69) is 16.0 Å². The molecule has 114 valence electrons. The van der Waals surface area contributed by atoms with Crippen LogP contribution in [0.15, 0.2) is 24.3 Å². The van der Waals surface area contributed by atoms with Gasteiger partial charge in [-0.3, -0.25) is 9.59 Å². The van der Waals surface area contributed by atoms with E-state index >= 15 is 0 Å². The molecular formula is C16H23N3O2. The molecule has 0 saturated carbocycles. The van der Waals surface area contributed by atoms with Crippen LogP contribution in [0.4, 0.5) is 5.69 Å². The van der Waals surface area contributed by atoms with Crippen LogP contribution in [0.5, 0.6) is 0 Å². The van der Waals surface area contributed by atoms with Crippen molar-refractivity contribution in [1.29, 1.82) is 0 Å². The molecule has 0 aliphatic carbocycles. The number of hydrogen-bond acceptors (Lipinski definition) is 3. The zero-order valence-electron chi connectivity index (χ0n) is 12.7. The number of hydrogen-bond donors (Lipinski definition) is 3. The van der Waals surface area contributed by atoms with Crippen LogP contribution < -0.4 is 16.0 Å². The topological polar surface area (TPSA) is 70.2 Å². The highest BCUT2D eigenvalue weighted by Gasteiger charge is 2.33. The summed E-state index contributed by atoms with van der Waals surface area (Å²) in [6, 6.07) is 7.48. The van der Waals surface area contributed by atoms with E-state index in [0.717, 1.165) is 37.1 Å². The second kappa shape index (κ2) is 6.72. The lowest BCUT2D eigenvalue weighted by molar-refractivity contribution is -0.128. The van der Waals surface area contributed by atoms with Gasteiger partial charge in [0, 0.05) is 19.2 Å². The van der Waals surface area contributed by atoms with Crippen LogP contribution in [-0.4, -0.2) is 23.9 Å². The van der Waals surface area contributed by atoms with Crippen LogP contribution in [0.2, 0.25) is 0 Å². The highest BCUT2D eigenvalue weighted by molar-refractivity contribution is 5.88. The van der Waals surface area contributed by atoms with Gasteiger partial charge in [-0.15, -0.1) is 0 Å².